The average Bonchev–Trinajstić information content (AvgIpc) is 2.75. The highest BCUT2D eigenvalue weighted by atomic mass is 16.5. The number of anilines is 2. The third-order valence-electron chi connectivity index (χ3n) is 5.48. The van der Waals surface area contributed by atoms with Gasteiger partial charge in [0.15, 0.2) is 5.88 Å². The van der Waals surface area contributed by atoms with Crippen molar-refractivity contribution in [3.63, 3.8) is 0 Å². The largest absolute Gasteiger partial charge is 0.479 e. The standard InChI is InChI=1S/C28H45N5O/c1-9-11-24(12-13-29-22(5)34-19-28(6,7)8)30-17-23-18-31-27(33-26(23)10-2)32-25-15-20(3)14-21(4)16-25/h14-16,18,24,29-30H,5,9-13,17,19H2,1-4,6-8H3,(H,31,32,33). The van der Waals surface area contributed by atoms with Gasteiger partial charge in [-0.05, 0) is 68.4 Å². The summed E-state index contributed by atoms with van der Waals surface area (Å²) in [6.07, 6.45) is 6.07. The number of rotatable bonds is 14. The molecule has 188 valence electrons. The number of aromatic nitrogens is 2. The number of nitrogens with one attached hydrogen (secondary N) is 3. The molecule has 34 heavy (non-hydrogen) atoms. The molecule has 1 aromatic heterocycles. The van der Waals surface area contributed by atoms with Crippen LogP contribution in [-0.4, -0.2) is 29.2 Å². The Labute approximate surface area is 207 Å². The summed E-state index contributed by atoms with van der Waals surface area (Å²) in [4.78, 5) is 9.38. The summed E-state index contributed by atoms with van der Waals surface area (Å²) in [5, 5.41) is 10.4. The third-order valence-corrected chi connectivity index (χ3v) is 5.48. The summed E-state index contributed by atoms with van der Waals surface area (Å²) in [7, 11) is 0. The molecule has 0 saturated carbocycles. The molecule has 0 aliphatic carbocycles. The van der Waals surface area contributed by atoms with E-state index in [0.717, 1.165) is 55.7 Å². The molecule has 0 aliphatic heterocycles. The fourth-order valence-electron chi connectivity index (χ4n) is 3.82. The molecule has 1 heterocycles. The zero-order chi connectivity index (χ0) is 25.1. The third kappa shape index (κ3) is 10.1. The van der Waals surface area contributed by atoms with Crippen molar-refractivity contribution in [3.05, 3.63) is 59.2 Å². The molecule has 0 spiro atoms. The molecule has 1 unspecified atom stereocenters. The molecule has 1 aromatic carbocycles. The smallest absolute Gasteiger partial charge is 0.227 e. The first-order valence-electron chi connectivity index (χ1n) is 12.6. The molecular weight excluding hydrogens is 422 g/mol. The number of benzene rings is 1. The van der Waals surface area contributed by atoms with Crippen LogP contribution in [0.4, 0.5) is 11.6 Å². The Kier molecular flexibility index (Phi) is 10.8. The van der Waals surface area contributed by atoms with E-state index < -0.39 is 0 Å². The van der Waals surface area contributed by atoms with Crippen molar-refractivity contribution in [2.24, 2.45) is 5.41 Å². The van der Waals surface area contributed by atoms with Gasteiger partial charge in [0, 0.05) is 36.6 Å². The number of ether oxygens (including phenoxy) is 1. The van der Waals surface area contributed by atoms with Crippen LogP contribution in [0.5, 0.6) is 0 Å². The molecule has 0 amide bonds. The lowest BCUT2D eigenvalue weighted by atomic mass is 9.99. The fraction of sp³-hybridized carbons (Fsp3) is 0.571. The molecule has 6 nitrogen and oxygen atoms in total. The second-order valence-electron chi connectivity index (χ2n) is 10.4. The predicted molar refractivity (Wildman–Crippen MR) is 143 cm³/mol. The average molecular weight is 468 g/mol. The van der Waals surface area contributed by atoms with Gasteiger partial charge in [-0.3, -0.25) is 0 Å². The van der Waals surface area contributed by atoms with Crippen molar-refractivity contribution in [3.8, 4) is 0 Å². The van der Waals surface area contributed by atoms with Crippen LogP contribution in [0.1, 0.15) is 76.3 Å². The summed E-state index contributed by atoms with van der Waals surface area (Å²) in [5.41, 5.74) is 5.82. The zero-order valence-corrected chi connectivity index (χ0v) is 22.3. The molecule has 0 bridgehead atoms. The van der Waals surface area contributed by atoms with Gasteiger partial charge in [-0.1, -0.05) is 47.1 Å². The Hall–Kier alpha value is -2.60. The molecule has 0 radical (unpaired) electrons. The van der Waals surface area contributed by atoms with Crippen LogP contribution < -0.4 is 16.0 Å². The Morgan fingerprint density at radius 3 is 2.41 bits per heavy atom. The lowest BCUT2D eigenvalue weighted by molar-refractivity contribution is 0.115. The van der Waals surface area contributed by atoms with Crippen LogP contribution in [0, 0.1) is 19.3 Å². The second kappa shape index (κ2) is 13.3. The molecular formula is C28H45N5O. The van der Waals surface area contributed by atoms with Crippen molar-refractivity contribution < 1.29 is 4.74 Å². The normalized spacial score (nSPS) is 12.3. The summed E-state index contributed by atoms with van der Waals surface area (Å²) in [6, 6.07) is 6.80. The monoisotopic (exact) mass is 467 g/mol. The minimum absolute atomic E-state index is 0.125. The highest BCUT2D eigenvalue weighted by Crippen LogP contribution is 2.19. The second-order valence-corrected chi connectivity index (χ2v) is 10.4. The van der Waals surface area contributed by atoms with Crippen LogP contribution in [0.3, 0.4) is 0 Å². The van der Waals surface area contributed by atoms with E-state index in [4.69, 9.17) is 9.72 Å². The van der Waals surface area contributed by atoms with Gasteiger partial charge in [-0.25, -0.2) is 9.97 Å². The number of hydrogen-bond donors (Lipinski definition) is 3. The lowest BCUT2D eigenvalue weighted by Gasteiger charge is -2.22. The van der Waals surface area contributed by atoms with Gasteiger partial charge in [0.1, 0.15) is 0 Å². The van der Waals surface area contributed by atoms with E-state index in [-0.39, 0.29) is 5.41 Å². The SMILES string of the molecule is C=C(NCCC(CCC)NCc1cnc(Nc2cc(C)cc(C)c2)nc1CC)OCC(C)(C)C. The van der Waals surface area contributed by atoms with Gasteiger partial charge in [0.05, 0.1) is 12.3 Å². The zero-order valence-electron chi connectivity index (χ0n) is 22.3. The summed E-state index contributed by atoms with van der Waals surface area (Å²) < 4.78 is 5.73. The van der Waals surface area contributed by atoms with Gasteiger partial charge < -0.3 is 20.7 Å². The van der Waals surface area contributed by atoms with Gasteiger partial charge >= 0.3 is 0 Å². The van der Waals surface area contributed by atoms with Crippen LogP contribution in [0.15, 0.2) is 36.9 Å². The van der Waals surface area contributed by atoms with Crippen LogP contribution in [0.2, 0.25) is 0 Å². The van der Waals surface area contributed by atoms with E-state index in [9.17, 15) is 0 Å². The molecule has 1 atom stereocenters. The first kappa shape index (κ1) is 27.6. The predicted octanol–water partition coefficient (Wildman–Crippen LogP) is 6.17. The Balaban J connectivity index is 1.91. The Morgan fingerprint density at radius 2 is 1.79 bits per heavy atom. The van der Waals surface area contributed by atoms with Crippen molar-refractivity contribution in [2.75, 3.05) is 18.5 Å². The van der Waals surface area contributed by atoms with E-state index in [0.29, 0.717) is 24.5 Å². The summed E-state index contributed by atoms with van der Waals surface area (Å²) in [6.45, 7) is 21.3. The molecule has 0 fully saturated rings. The maximum atomic E-state index is 5.73. The maximum absolute atomic E-state index is 5.73. The lowest BCUT2D eigenvalue weighted by Crippen LogP contribution is -2.33. The molecule has 0 saturated heterocycles. The first-order valence-corrected chi connectivity index (χ1v) is 12.6. The van der Waals surface area contributed by atoms with Gasteiger partial charge in [0.2, 0.25) is 5.95 Å². The molecule has 6 heteroatoms. The van der Waals surface area contributed by atoms with E-state index >= 15 is 0 Å². The van der Waals surface area contributed by atoms with E-state index in [1.807, 2.05) is 6.20 Å². The number of hydrogen-bond acceptors (Lipinski definition) is 6. The van der Waals surface area contributed by atoms with E-state index in [1.165, 1.54) is 11.1 Å². The molecule has 2 aromatic rings. The number of nitrogens with zero attached hydrogens (tertiary/aromatic N) is 2. The topological polar surface area (TPSA) is 71.1 Å². The minimum Gasteiger partial charge on any atom is -0.479 e. The van der Waals surface area contributed by atoms with Gasteiger partial charge in [-0.2, -0.15) is 0 Å². The Bertz CT molecular complexity index is 899. The van der Waals surface area contributed by atoms with Crippen LogP contribution >= 0.6 is 0 Å². The quantitative estimate of drug-likeness (QED) is 0.289. The Morgan fingerprint density at radius 1 is 1.09 bits per heavy atom. The number of aryl methyl sites for hydroxylation is 3. The summed E-state index contributed by atoms with van der Waals surface area (Å²) in [5.74, 6) is 1.30. The highest BCUT2D eigenvalue weighted by Gasteiger charge is 2.13. The van der Waals surface area contributed by atoms with Crippen molar-refractivity contribution >= 4 is 11.6 Å². The van der Waals surface area contributed by atoms with Gasteiger partial charge in [0.25, 0.3) is 0 Å². The van der Waals surface area contributed by atoms with Crippen LogP contribution in [0.25, 0.3) is 0 Å². The van der Waals surface area contributed by atoms with Crippen LogP contribution in [-0.2, 0) is 17.7 Å². The van der Waals surface area contributed by atoms with E-state index in [2.05, 4.69) is 94.2 Å². The molecule has 2 rings (SSSR count). The first-order chi connectivity index (χ1) is 16.1. The van der Waals surface area contributed by atoms with Gasteiger partial charge in [-0.15, -0.1) is 0 Å². The van der Waals surface area contributed by atoms with Crippen molar-refractivity contribution in [2.45, 2.75) is 86.7 Å². The van der Waals surface area contributed by atoms with Crippen molar-refractivity contribution in [1.29, 1.82) is 0 Å². The minimum atomic E-state index is 0.125. The van der Waals surface area contributed by atoms with Crippen molar-refractivity contribution in [1.82, 2.24) is 20.6 Å². The summed E-state index contributed by atoms with van der Waals surface area (Å²) >= 11 is 0. The molecule has 3 N–H and O–H groups in total. The fourth-order valence-corrected chi connectivity index (χ4v) is 3.82. The highest BCUT2D eigenvalue weighted by molar-refractivity contribution is 5.56. The maximum Gasteiger partial charge on any atom is 0.227 e. The van der Waals surface area contributed by atoms with E-state index in [1.54, 1.807) is 0 Å². The molecule has 0 aliphatic rings.